The standard InChI is InChI=1S/C54H95N21O14S/c1-32-45(79)66-38(15-16-42(56)77)50(84)70-39(30-76)51(85)68-35(47(81)62-20-9-23-88-25-27-89-26-24-87-22-8-19-61-43(78)14-3-2-13-41-44-40(31-90-41)71-54(86)72-44)10-4-5-21-75-29-33(73-74-75)28-34(55)46(80)67-37(12-7-18-64-53(59)60)49(83)69-36(48(82)65-32)11-6-17-63-52(57)58/h29,32,34-41,44,76H,2-28,30-31,55H2,1H3,(H2,56,77)(H,61,78)(H,62,81)(H,65,82)(H,66,79)(H,67,80)(H,68,85)(H,69,83)(H,70,84)(H4,57,58,63)(H4,59,60,64)(H2,71,72,86)/t32-,34-,35-,36-,37-,38-,39-,40+,41+,44+/m0/s1. The lowest BCUT2D eigenvalue weighted by Crippen LogP contribution is -2.60. The van der Waals surface area contributed by atoms with Crippen molar-refractivity contribution >= 4 is 82.9 Å². The normalized spacial score (nSPS) is 24.0. The summed E-state index contributed by atoms with van der Waals surface area (Å²) in [5.41, 5.74) is 22.9. The van der Waals surface area contributed by atoms with E-state index in [4.69, 9.17) is 48.0 Å². The Morgan fingerprint density at radius 1 is 0.633 bits per heavy atom. The molecule has 10 atom stereocenters. The van der Waals surface area contributed by atoms with Gasteiger partial charge in [0.25, 0.3) is 0 Å². The van der Waals surface area contributed by atoms with E-state index in [0.29, 0.717) is 76.0 Å². The van der Waals surface area contributed by atoms with Gasteiger partial charge in [0.1, 0.15) is 36.3 Å². The number of aliphatic hydroxyl groups is 1. The van der Waals surface area contributed by atoms with Crippen LogP contribution in [0, 0.1) is 10.8 Å². The lowest BCUT2D eigenvalue weighted by atomic mass is 10.0. The lowest BCUT2D eigenvalue weighted by molar-refractivity contribution is -0.136. The van der Waals surface area contributed by atoms with E-state index < -0.39 is 103 Å². The summed E-state index contributed by atoms with van der Waals surface area (Å²) in [5.74, 6) is -6.54. The van der Waals surface area contributed by atoms with Crippen LogP contribution >= 0.6 is 11.8 Å². The first-order chi connectivity index (χ1) is 43.1. The summed E-state index contributed by atoms with van der Waals surface area (Å²) in [6, 6.07) is -9.44. The number of thioether (sulfide) groups is 1. The number of ether oxygens (including phenoxy) is 3. The molecule has 506 valence electrons. The van der Waals surface area contributed by atoms with Gasteiger partial charge in [0.2, 0.25) is 53.2 Å². The van der Waals surface area contributed by atoms with Gasteiger partial charge < -0.3 is 106 Å². The van der Waals surface area contributed by atoms with Crippen molar-refractivity contribution in [1.82, 2.24) is 78.8 Å². The third kappa shape index (κ3) is 29.3. The van der Waals surface area contributed by atoms with E-state index in [-0.39, 0.29) is 120 Å². The molecule has 2 fully saturated rings. The van der Waals surface area contributed by atoms with Crippen molar-refractivity contribution in [2.24, 2.45) is 22.9 Å². The lowest BCUT2D eigenvalue weighted by Gasteiger charge is -2.26. The first kappa shape index (κ1) is 74.8. The summed E-state index contributed by atoms with van der Waals surface area (Å²) in [5, 5.41) is 66.0. The summed E-state index contributed by atoms with van der Waals surface area (Å²) in [4.78, 5) is 132. The van der Waals surface area contributed by atoms with Crippen LogP contribution < -0.4 is 86.7 Å². The summed E-state index contributed by atoms with van der Waals surface area (Å²) >= 11 is 1.86. The zero-order valence-electron chi connectivity index (χ0n) is 51.2. The van der Waals surface area contributed by atoms with E-state index in [0.717, 1.165) is 25.0 Å². The number of amides is 11. The molecule has 23 N–H and O–H groups in total. The number of hydrogen-bond acceptors (Lipinski definition) is 20. The molecular weight excluding hydrogens is 1200 g/mol. The van der Waals surface area contributed by atoms with Crippen molar-refractivity contribution in [2.45, 2.75) is 176 Å². The second-order valence-electron chi connectivity index (χ2n) is 22.0. The molecule has 2 saturated heterocycles. The van der Waals surface area contributed by atoms with Gasteiger partial charge >= 0.3 is 6.03 Å². The highest BCUT2D eigenvalue weighted by molar-refractivity contribution is 8.00. The van der Waals surface area contributed by atoms with Crippen LogP contribution in [0.1, 0.15) is 109 Å². The SMILES string of the molecule is C[C@@H]1NC(=O)[C@H](CCCNC(=N)N)NC(=O)[C@H](CCCNC(=N)N)NC(=O)[C@@H](N)Cc2cn(nn2)CCCC[C@@H](C(=O)NCCCOCCOCCOCCCNC(=O)CCCC[C@H]2SC[C@H]3NC(=O)N[C@H]32)NC(=O)[C@H](CO)NC(=O)[C@H](CCC(N)=O)NC1=O. The number of rotatable bonds is 32. The number of hydrogen-bond donors (Lipinski definition) is 19. The van der Waals surface area contributed by atoms with E-state index in [1.54, 1.807) is 6.20 Å². The minimum atomic E-state index is -1.67. The number of carbonyl (C=O) groups excluding carboxylic acids is 10. The molecule has 0 radical (unpaired) electrons. The summed E-state index contributed by atoms with van der Waals surface area (Å²) in [7, 11) is 0. The number of nitrogens with one attached hydrogen (secondary N) is 14. The van der Waals surface area contributed by atoms with Gasteiger partial charge in [-0.2, -0.15) is 11.8 Å². The van der Waals surface area contributed by atoms with E-state index in [1.165, 1.54) is 11.6 Å². The number of nitrogens with two attached hydrogens (primary N) is 4. The van der Waals surface area contributed by atoms with Crippen molar-refractivity contribution in [2.75, 3.05) is 78.2 Å². The molecule has 2 bridgehead atoms. The zero-order valence-corrected chi connectivity index (χ0v) is 52.0. The maximum atomic E-state index is 14.0. The van der Waals surface area contributed by atoms with Crippen LogP contribution in [0.4, 0.5) is 4.79 Å². The quantitative estimate of drug-likeness (QED) is 0.0138. The number of unbranched alkanes of at least 4 members (excludes halogenated alkanes) is 1. The minimum absolute atomic E-state index is 0.00338. The summed E-state index contributed by atoms with van der Waals surface area (Å²) in [6.07, 6.45) is 5.92. The molecule has 0 aliphatic carbocycles. The minimum Gasteiger partial charge on any atom is -0.394 e. The number of urea groups is 1. The molecule has 36 heteroatoms. The third-order valence-electron chi connectivity index (χ3n) is 14.6. The van der Waals surface area contributed by atoms with E-state index in [9.17, 15) is 53.1 Å². The molecule has 11 amide bonds. The Morgan fingerprint density at radius 3 is 1.81 bits per heavy atom. The van der Waals surface area contributed by atoms with E-state index >= 15 is 0 Å². The van der Waals surface area contributed by atoms with E-state index in [2.05, 4.69) is 74.1 Å². The Balaban J connectivity index is 1.31. The molecule has 1 aromatic rings. The van der Waals surface area contributed by atoms with Crippen molar-refractivity contribution in [3.8, 4) is 0 Å². The molecule has 90 heavy (non-hydrogen) atoms. The molecular formula is C54H95N21O14S. The van der Waals surface area contributed by atoms with Crippen LogP contribution in [0.3, 0.4) is 0 Å². The number of aromatic nitrogens is 3. The highest BCUT2D eigenvalue weighted by Crippen LogP contribution is 2.33. The first-order valence-electron chi connectivity index (χ1n) is 30.6. The molecule has 0 spiro atoms. The number of aryl methyl sites for hydroxylation is 1. The maximum Gasteiger partial charge on any atom is 0.315 e. The molecule has 3 aliphatic heterocycles. The topological polar surface area (TPSA) is 545 Å². The van der Waals surface area contributed by atoms with Gasteiger partial charge in [0.05, 0.1) is 56.9 Å². The zero-order chi connectivity index (χ0) is 65.8. The number of aliphatic hydroxyl groups excluding tert-OH is 1. The maximum absolute atomic E-state index is 14.0. The number of nitrogens with zero attached hydrogens (tertiary/aromatic N) is 3. The first-order valence-corrected chi connectivity index (χ1v) is 31.7. The van der Waals surface area contributed by atoms with Crippen LogP contribution in [0.5, 0.6) is 0 Å². The molecule has 0 aromatic carbocycles. The van der Waals surface area contributed by atoms with Gasteiger partial charge in [-0.15, -0.1) is 5.10 Å². The molecule has 0 unspecified atom stereocenters. The molecule has 4 heterocycles. The predicted octanol–water partition coefficient (Wildman–Crippen LogP) is -6.17. The average molecular weight is 1290 g/mol. The van der Waals surface area contributed by atoms with Gasteiger partial charge in [-0.25, -0.2) is 4.79 Å². The number of fused-ring (bicyclic) bond motifs is 3. The fraction of sp³-hybridized carbons (Fsp3) is 0.741. The highest BCUT2D eigenvalue weighted by Gasteiger charge is 2.42. The molecule has 0 saturated carbocycles. The largest absolute Gasteiger partial charge is 0.394 e. The predicted molar refractivity (Wildman–Crippen MR) is 328 cm³/mol. The van der Waals surface area contributed by atoms with Crippen molar-refractivity contribution in [3.05, 3.63) is 11.9 Å². The van der Waals surface area contributed by atoms with Crippen LogP contribution in [0.25, 0.3) is 0 Å². The van der Waals surface area contributed by atoms with Gasteiger partial charge in [0.15, 0.2) is 11.9 Å². The Labute approximate surface area is 526 Å². The average Bonchev–Trinajstić information content (AvgIpc) is 2.14. The molecule has 35 nitrogen and oxygen atoms in total. The third-order valence-corrected chi connectivity index (χ3v) is 16.1. The van der Waals surface area contributed by atoms with Crippen LogP contribution in [-0.2, 0) is 70.3 Å². The fourth-order valence-electron chi connectivity index (χ4n) is 9.68. The van der Waals surface area contributed by atoms with Gasteiger partial charge in [-0.05, 0) is 84.0 Å². The molecule has 1 aromatic heterocycles. The van der Waals surface area contributed by atoms with Crippen LogP contribution in [0.15, 0.2) is 6.20 Å². The van der Waals surface area contributed by atoms with Crippen molar-refractivity contribution < 1.29 is 67.3 Å². The Bertz CT molecular complexity index is 2520. The fourth-order valence-corrected chi connectivity index (χ4v) is 11.2. The Morgan fingerprint density at radius 2 is 1.19 bits per heavy atom. The highest BCUT2D eigenvalue weighted by atomic mass is 32.2. The van der Waals surface area contributed by atoms with E-state index in [1.807, 2.05) is 11.8 Å². The number of carbonyl (C=O) groups is 10. The smallest absolute Gasteiger partial charge is 0.315 e. The van der Waals surface area contributed by atoms with Gasteiger partial charge in [-0.1, -0.05) is 11.6 Å². The van der Waals surface area contributed by atoms with Crippen molar-refractivity contribution in [1.29, 1.82) is 10.8 Å². The number of guanidine groups is 2. The Kier molecular flexibility index (Phi) is 34.6. The molecule has 4 rings (SSSR count). The van der Waals surface area contributed by atoms with Crippen molar-refractivity contribution in [3.63, 3.8) is 0 Å². The monoisotopic (exact) mass is 1290 g/mol. The summed E-state index contributed by atoms with van der Waals surface area (Å²) < 4.78 is 18.4. The van der Waals surface area contributed by atoms with Gasteiger partial charge in [-0.3, -0.25) is 58.7 Å². The molecule has 3 aliphatic rings. The second kappa shape index (κ2) is 41.6. The van der Waals surface area contributed by atoms with Gasteiger partial charge in [0, 0.05) is 82.4 Å². The van der Waals surface area contributed by atoms with Crippen LogP contribution in [0.2, 0.25) is 0 Å². The Hall–Kier alpha value is -7.67. The summed E-state index contributed by atoms with van der Waals surface area (Å²) in [6.45, 7) is 3.46. The van der Waals surface area contributed by atoms with Crippen LogP contribution in [-0.4, -0.2) is 229 Å². The number of primary amides is 1. The second-order valence-corrected chi connectivity index (χ2v) is 23.3.